The fourth-order valence-electron chi connectivity index (χ4n) is 3.39. The van der Waals surface area contributed by atoms with Crippen molar-refractivity contribution in [1.82, 2.24) is 9.97 Å². The molecule has 0 atom stereocenters. The lowest BCUT2D eigenvalue weighted by atomic mass is 9.89. The molecule has 0 saturated heterocycles. The maximum atomic E-state index is 11.0. The molecule has 0 unspecified atom stereocenters. The average Bonchev–Trinajstić information content (AvgIpc) is 3.09. The molecule has 27 heavy (non-hydrogen) atoms. The first kappa shape index (κ1) is 17.7. The van der Waals surface area contributed by atoms with Crippen molar-refractivity contribution in [1.29, 1.82) is 0 Å². The summed E-state index contributed by atoms with van der Waals surface area (Å²) in [5.41, 5.74) is 0.889. The molecule has 6 nitrogen and oxygen atoms in total. The molecule has 4 rings (SSSR count). The van der Waals surface area contributed by atoms with Gasteiger partial charge in [-0.3, -0.25) is 0 Å². The van der Waals surface area contributed by atoms with E-state index in [1.807, 2.05) is 18.2 Å². The largest absolute Gasteiger partial charge is 0.477 e. The molecule has 2 N–H and O–H groups in total. The Balaban J connectivity index is 1.45. The Morgan fingerprint density at radius 3 is 2.81 bits per heavy atom. The number of carboxylic acid groups (broad SMARTS) is 1. The highest BCUT2D eigenvalue weighted by Gasteiger charge is 2.14. The summed E-state index contributed by atoms with van der Waals surface area (Å²) in [6, 6.07) is 8.75. The van der Waals surface area contributed by atoms with Crippen molar-refractivity contribution in [2.24, 2.45) is 5.92 Å². The van der Waals surface area contributed by atoms with E-state index < -0.39 is 5.97 Å². The first-order valence-electron chi connectivity index (χ1n) is 9.19. The van der Waals surface area contributed by atoms with Crippen molar-refractivity contribution < 1.29 is 14.6 Å². The fraction of sp³-hybridized carbons (Fsp3) is 0.350. The van der Waals surface area contributed by atoms with Crippen LogP contribution in [0.2, 0.25) is 0 Å². The van der Waals surface area contributed by atoms with Gasteiger partial charge < -0.3 is 15.2 Å². The molecule has 140 valence electrons. The minimum absolute atomic E-state index is 0.0411. The van der Waals surface area contributed by atoms with Gasteiger partial charge in [0.25, 0.3) is 0 Å². The molecule has 1 saturated carbocycles. The van der Waals surface area contributed by atoms with E-state index >= 15 is 0 Å². The Bertz CT molecular complexity index is 951. The zero-order valence-corrected chi connectivity index (χ0v) is 15.7. The summed E-state index contributed by atoms with van der Waals surface area (Å²) in [6.07, 6.45) is 8.08. The highest BCUT2D eigenvalue weighted by Crippen LogP contribution is 2.32. The van der Waals surface area contributed by atoms with Crippen LogP contribution in [0, 0.1) is 5.92 Å². The van der Waals surface area contributed by atoms with E-state index in [1.54, 1.807) is 17.4 Å². The van der Waals surface area contributed by atoms with Crippen LogP contribution in [0.15, 0.2) is 36.5 Å². The second-order valence-corrected chi connectivity index (χ2v) is 7.85. The molecule has 2 heterocycles. The quantitative estimate of drug-likeness (QED) is 0.610. The topological polar surface area (TPSA) is 84.3 Å². The van der Waals surface area contributed by atoms with Crippen LogP contribution < -0.4 is 10.1 Å². The summed E-state index contributed by atoms with van der Waals surface area (Å²) in [5.74, 6) is 0.765. The summed E-state index contributed by atoms with van der Waals surface area (Å²) >= 11 is 1.61. The molecule has 1 aliphatic carbocycles. The summed E-state index contributed by atoms with van der Waals surface area (Å²) < 4.78 is 6.83. The van der Waals surface area contributed by atoms with Gasteiger partial charge in [0.05, 0.1) is 10.2 Å². The van der Waals surface area contributed by atoms with Gasteiger partial charge in [-0.1, -0.05) is 30.6 Å². The Labute approximate surface area is 161 Å². The molecule has 0 amide bonds. The van der Waals surface area contributed by atoms with E-state index in [-0.39, 0.29) is 5.69 Å². The molecule has 0 spiro atoms. The lowest BCUT2D eigenvalue weighted by molar-refractivity contribution is 0.0690. The molecule has 1 fully saturated rings. The number of hydrogen-bond acceptors (Lipinski definition) is 6. The fourth-order valence-corrected chi connectivity index (χ4v) is 4.30. The van der Waals surface area contributed by atoms with Gasteiger partial charge in [0, 0.05) is 24.9 Å². The molecular weight excluding hydrogens is 362 g/mol. The van der Waals surface area contributed by atoms with E-state index in [2.05, 4.69) is 15.3 Å². The first-order chi connectivity index (χ1) is 13.2. The van der Waals surface area contributed by atoms with Crippen LogP contribution in [0.5, 0.6) is 11.5 Å². The number of rotatable bonds is 6. The summed E-state index contributed by atoms with van der Waals surface area (Å²) in [7, 11) is 0. The lowest BCUT2D eigenvalue weighted by Crippen LogP contribution is -2.16. The van der Waals surface area contributed by atoms with Gasteiger partial charge in [-0.15, -0.1) is 0 Å². The third-order valence-corrected chi connectivity index (χ3v) is 5.79. The third-order valence-electron chi connectivity index (χ3n) is 4.81. The van der Waals surface area contributed by atoms with Crippen molar-refractivity contribution in [3.63, 3.8) is 0 Å². The van der Waals surface area contributed by atoms with Crippen molar-refractivity contribution >= 4 is 32.7 Å². The summed E-state index contributed by atoms with van der Waals surface area (Å²) in [6.45, 7) is 0.984. The number of fused-ring (bicyclic) bond motifs is 1. The van der Waals surface area contributed by atoms with E-state index in [4.69, 9.17) is 9.84 Å². The summed E-state index contributed by atoms with van der Waals surface area (Å²) in [4.78, 5) is 19.5. The molecule has 2 aromatic heterocycles. The van der Waals surface area contributed by atoms with Crippen LogP contribution in [0.4, 0.5) is 5.13 Å². The number of anilines is 1. The van der Waals surface area contributed by atoms with Gasteiger partial charge in [0.1, 0.15) is 11.5 Å². The van der Waals surface area contributed by atoms with Crippen LogP contribution in [-0.2, 0) is 0 Å². The smallest absolute Gasteiger partial charge is 0.354 e. The number of hydrogen-bond donors (Lipinski definition) is 2. The van der Waals surface area contributed by atoms with Crippen molar-refractivity contribution in [3.8, 4) is 11.5 Å². The number of carboxylic acids is 1. The molecule has 0 bridgehead atoms. The van der Waals surface area contributed by atoms with E-state index in [9.17, 15) is 4.79 Å². The Hall–Kier alpha value is -2.67. The number of benzene rings is 1. The minimum Gasteiger partial charge on any atom is -0.477 e. The number of aromatic carboxylic acids is 1. The number of nitrogens with one attached hydrogen (secondary N) is 1. The van der Waals surface area contributed by atoms with Gasteiger partial charge >= 0.3 is 5.97 Å². The number of aromatic nitrogens is 2. The number of nitrogens with zero attached hydrogens (tertiary/aromatic N) is 2. The summed E-state index contributed by atoms with van der Waals surface area (Å²) in [5, 5.41) is 13.5. The zero-order chi connectivity index (χ0) is 18.6. The second kappa shape index (κ2) is 7.92. The van der Waals surface area contributed by atoms with Crippen molar-refractivity contribution in [3.05, 3.63) is 42.2 Å². The normalized spacial score (nSPS) is 15.0. The zero-order valence-electron chi connectivity index (χ0n) is 14.9. The highest BCUT2D eigenvalue weighted by molar-refractivity contribution is 7.22. The first-order valence-corrected chi connectivity index (χ1v) is 10.0. The lowest BCUT2D eigenvalue weighted by Gasteiger charge is -2.21. The van der Waals surface area contributed by atoms with Crippen molar-refractivity contribution in [2.75, 3.05) is 11.9 Å². The number of pyridine rings is 1. The van der Waals surface area contributed by atoms with Gasteiger partial charge in [-0.05, 0) is 37.0 Å². The molecule has 3 aromatic rings. The number of carbonyl (C=O) groups is 1. The van der Waals surface area contributed by atoms with Crippen LogP contribution in [0.3, 0.4) is 0 Å². The average molecular weight is 383 g/mol. The maximum absolute atomic E-state index is 11.0. The Kier molecular flexibility index (Phi) is 5.20. The van der Waals surface area contributed by atoms with Gasteiger partial charge in [0.15, 0.2) is 10.8 Å². The Morgan fingerprint density at radius 1 is 1.19 bits per heavy atom. The van der Waals surface area contributed by atoms with Gasteiger partial charge in [-0.2, -0.15) is 0 Å². The predicted molar refractivity (Wildman–Crippen MR) is 106 cm³/mol. The molecule has 0 aliphatic heterocycles. The van der Waals surface area contributed by atoms with Crippen LogP contribution in [0.25, 0.3) is 10.2 Å². The highest BCUT2D eigenvalue weighted by atomic mass is 32.1. The molecule has 1 aromatic carbocycles. The molecule has 7 heteroatoms. The third kappa shape index (κ3) is 4.36. The van der Waals surface area contributed by atoms with Crippen LogP contribution in [0.1, 0.15) is 42.6 Å². The second-order valence-electron chi connectivity index (χ2n) is 6.82. The number of thiazole rings is 1. The van der Waals surface area contributed by atoms with Crippen molar-refractivity contribution in [2.45, 2.75) is 32.1 Å². The van der Waals surface area contributed by atoms with Crippen LogP contribution in [-0.4, -0.2) is 27.6 Å². The standard InChI is InChI=1S/C20H21N3O3S/c24-19(25)17-10-15(8-9-21-17)26-14-6-7-16-18(11-14)27-20(23-16)22-12-13-4-2-1-3-5-13/h6-11,13H,1-5,12H2,(H,22,23)(H,24,25). The molecule has 0 radical (unpaired) electrons. The van der Waals surface area contributed by atoms with E-state index in [0.29, 0.717) is 11.5 Å². The van der Waals surface area contributed by atoms with Crippen LogP contribution >= 0.6 is 11.3 Å². The molecule has 1 aliphatic rings. The maximum Gasteiger partial charge on any atom is 0.354 e. The van der Waals surface area contributed by atoms with E-state index in [0.717, 1.165) is 27.8 Å². The van der Waals surface area contributed by atoms with Gasteiger partial charge in [0.2, 0.25) is 0 Å². The Morgan fingerprint density at radius 2 is 2.00 bits per heavy atom. The number of ether oxygens (including phenoxy) is 1. The predicted octanol–water partition coefficient (Wildman–Crippen LogP) is 5.17. The van der Waals surface area contributed by atoms with Gasteiger partial charge in [-0.25, -0.2) is 14.8 Å². The molecular formula is C20H21N3O3S. The minimum atomic E-state index is -1.08. The monoisotopic (exact) mass is 383 g/mol. The SMILES string of the molecule is O=C(O)c1cc(Oc2ccc3nc(NCC4CCCCC4)sc3c2)ccn1. The van der Waals surface area contributed by atoms with E-state index in [1.165, 1.54) is 44.4 Å².